The van der Waals surface area contributed by atoms with Crippen LogP contribution >= 0.6 is 0 Å². The number of benzene rings is 2. The Bertz CT molecular complexity index is 1580. The fourth-order valence-corrected chi connectivity index (χ4v) is 4.81. The monoisotopic (exact) mass is 551 g/mol. The number of aliphatic hydroxyl groups excluding tert-OH is 1. The molecule has 0 saturated heterocycles. The molecule has 4 aromatic rings. The van der Waals surface area contributed by atoms with Gasteiger partial charge < -0.3 is 14.6 Å². The van der Waals surface area contributed by atoms with E-state index in [0.717, 1.165) is 29.4 Å². The van der Waals surface area contributed by atoms with Gasteiger partial charge in [0.1, 0.15) is 0 Å². The van der Waals surface area contributed by atoms with Crippen LogP contribution in [0.15, 0.2) is 76.7 Å². The highest BCUT2D eigenvalue weighted by Gasteiger charge is 2.26. The standard InChI is InChI=1S/C27H29N5O6S/c1-3-4-8-19-11-13-20(14-12-19)39(35,36)31-24-23(38-22-10-6-5-9-21(22)37-2)27(34)32(17-18-33)26(30-24)25-28-15-7-16-29-25/h5-7,9-16,31,33H,3-4,8,17-18H2,1-2H3. The lowest BCUT2D eigenvalue weighted by molar-refractivity contribution is 0.273. The van der Waals surface area contributed by atoms with Gasteiger partial charge in [-0.3, -0.25) is 14.1 Å². The van der Waals surface area contributed by atoms with Gasteiger partial charge in [-0.25, -0.2) is 23.4 Å². The van der Waals surface area contributed by atoms with Gasteiger partial charge in [-0.2, -0.15) is 0 Å². The number of hydrogen-bond donors (Lipinski definition) is 2. The average Bonchev–Trinajstić information content (AvgIpc) is 2.96. The van der Waals surface area contributed by atoms with Crippen LogP contribution in [0.1, 0.15) is 25.3 Å². The van der Waals surface area contributed by atoms with E-state index >= 15 is 0 Å². The molecule has 39 heavy (non-hydrogen) atoms. The predicted molar refractivity (Wildman–Crippen MR) is 146 cm³/mol. The summed E-state index contributed by atoms with van der Waals surface area (Å²) in [6.07, 6.45) is 5.78. The first-order valence-corrected chi connectivity index (χ1v) is 13.8. The fraction of sp³-hybridized carbons (Fsp3) is 0.259. The van der Waals surface area contributed by atoms with Crippen molar-refractivity contribution in [2.24, 2.45) is 0 Å². The number of aromatic nitrogens is 4. The maximum absolute atomic E-state index is 13.7. The summed E-state index contributed by atoms with van der Waals surface area (Å²) in [6.45, 7) is 1.53. The Labute approximate surface area is 226 Å². The third kappa shape index (κ3) is 6.41. The molecule has 2 N–H and O–H groups in total. The normalized spacial score (nSPS) is 11.3. The second-order valence-electron chi connectivity index (χ2n) is 8.47. The molecule has 0 aliphatic heterocycles. The van der Waals surface area contributed by atoms with Crippen LogP contribution in [0, 0.1) is 0 Å². The smallest absolute Gasteiger partial charge is 0.299 e. The molecule has 0 unspecified atom stereocenters. The lowest BCUT2D eigenvalue weighted by atomic mass is 10.1. The lowest BCUT2D eigenvalue weighted by Gasteiger charge is -2.18. The molecule has 0 amide bonds. The highest BCUT2D eigenvalue weighted by Crippen LogP contribution is 2.34. The van der Waals surface area contributed by atoms with Crippen molar-refractivity contribution in [1.29, 1.82) is 0 Å². The summed E-state index contributed by atoms with van der Waals surface area (Å²) in [6, 6.07) is 14.7. The van der Waals surface area contributed by atoms with Gasteiger partial charge in [0.25, 0.3) is 15.6 Å². The van der Waals surface area contributed by atoms with Crippen molar-refractivity contribution in [2.75, 3.05) is 18.4 Å². The Morgan fingerprint density at radius 2 is 1.69 bits per heavy atom. The van der Waals surface area contributed by atoms with Gasteiger partial charge >= 0.3 is 0 Å². The minimum Gasteiger partial charge on any atom is -0.493 e. The first-order chi connectivity index (χ1) is 18.9. The molecule has 0 spiro atoms. The third-order valence-electron chi connectivity index (χ3n) is 5.78. The molecule has 0 aliphatic rings. The van der Waals surface area contributed by atoms with Crippen molar-refractivity contribution < 1.29 is 23.0 Å². The number of hydrogen-bond acceptors (Lipinski definition) is 9. The number of unbranched alkanes of at least 4 members (excludes halogenated alkanes) is 1. The van der Waals surface area contributed by atoms with Crippen LogP contribution in [0.4, 0.5) is 5.82 Å². The quantitative estimate of drug-likeness (QED) is 0.269. The molecule has 2 heterocycles. The van der Waals surface area contributed by atoms with Gasteiger partial charge in [-0.1, -0.05) is 37.6 Å². The second-order valence-corrected chi connectivity index (χ2v) is 10.2. The summed E-state index contributed by atoms with van der Waals surface area (Å²) in [4.78, 5) is 26.4. The molecule has 2 aromatic heterocycles. The Kier molecular flexibility index (Phi) is 8.89. The van der Waals surface area contributed by atoms with Crippen LogP contribution in [0.25, 0.3) is 11.6 Å². The number of methoxy groups -OCH3 is 1. The minimum atomic E-state index is -4.18. The third-order valence-corrected chi connectivity index (χ3v) is 7.14. The zero-order valence-electron chi connectivity index (χ0n) is 21.6. The highest BCUT2D eigenvalue weighted by molar-refractivity contribution is 7.92. The molecular weight excluding hydrogens is 522 g/mol. The number of aliphatic hydroxyl groups is 1. The van der Waals surface area contributed by atoms with E-state index in [9.17, 15) is 18.3 Å². The average molecular weight is 552 g/mol. The molecule has 0 aliphatic carbocycles. The van der Waals surface area contributed by atoms with E-state index in [1.165, 1.54) is 31.6 Å². The number of nitrogens with zero attached hydrogens (tertiary/aromatic N) is 4. The Balaban J connectivity index is 1.85. The summed E-state index contributed by atoms with van der Waals surface area (Å²) in [7, 11) is -2.75. The van der Waals surface area contributed by atoms with Crippen molar-refractivity contribution in [1.82, 2.24) is 19.5 Å². The number of nitrogens with one attached hydrogen (secondary N) is 1. The van der Waals surface area contributed by atoms with E-state index in [1.54, 1.807) is 42.5 Å². The van der Waals surface area contributed by atoms with E-state index in [0.29, 0.717) is 5.75 Å². The van der Waals surface area contributed by atoms with Gasteiger partial charge in [-0.05, 0) is 48.7 Å². The molecule has 11 nitrogen and oxygen atoms in total. The van der Waals surface area contributed by atoms with Crippen LogP contribution in [-0.4, -0.2) is 46.8 Å². The number of aryl methyl sites for hydroxylation is 1. The van der Waals surface area contributed by atoms with Crippen LogP contribution in [0.2, 0.25) is 0 Å². The summed E-state index contributed by atoms with van der Waals surface area (Å²) in [5.74, 6) is -0.271. The van der Waals surface area contributed by atoms with Gasteiger partial charge in [0.2, 0.25) is 5.75 Å². The largest absolute Gasteiger partial charge is 0.493 e. The zero-order chi connectivity index (χ0) is 27.8. The second kappa shape index (κ2) is 12.5. The molecule has 204 valence electrons. The topological polar surface area (TPSA) is 146 Å². The number of sulfonamides is 1. The first kappa shape index (κ1) is 27.7. The molecule has 4 rings (SSSR count). The van der Waals surface area contributed by atoms with Crippen LogP contribution in [0.5, 0.6) is 17.2 Å². The van der Waals surface area contributed by atoms with E-state index < -0.39 is 27.9 Å². The molecule has 0 atom stereocenters. The van der Waals surface area contributed by atoms with Gasteiger partial charge in [0.05, 0.1) is 25.2 Å². The maximum atomic E-state index is 13.7. The molecule has 0 saturated carbocycles. The summed E-state index contributed by atoms with van der Waals surface area (Å²) in [5.41, 5.74) is 0.268. The number of ether oxygens (including phenoxy) is 2. The maximum Gasteiger partial charge on any atom is 0.299 e. The molecule has 0 bridgehead atoms. The number of para-hydroxylation sites is 2. The predicted octanol–water partition coefficient (Wildman–Crippen LogP) is 3.64. The van der Waals surface area contributed by atoms with Crippen molar-refractivity contribution >= 4 is 15.8 Å². The van der Waals surface area contributed by atoms with E-state index in [-0.39, 0.29) is 34.7 Å². The summed E-state index contributed by atoms with van der Waals surface area (Å²) < 4.78 is 41.6. The van der Waals surface area contributed by atoms with Crippen LogP contribution in [-0.2, 0) is 23.0 Å². The molecule has 0 fully saturated rings. The number of anilines is 1. The van der Waals surface area contributed by atoms with Gasteiger partial charge in [-0.15, -0.1) is 0 Å². The fourth-order valence-electron chi connectivity index (χ4n) is 3.81. The Morgan fingerprint density at radius 3 is 2.33 bits per heavy atom. The summed E-state index contributed by atoms with van der Waals surface area (Å²) >= 11 is 0. The molecule has 2 aromatic carbocycles. The Morgan fingerprint density at radius 1 is 1.00 bits per heavy atom. The van der Waals surface area contributed by atoms with Crippen molar-refractivity contribution in [3.05, 3.63) is 82.9 Å². The Hall–Kier alpha value is -4.29. The molecular formula is C27H29N5O6S. The summed E-state index contributed by atoms with van der Waals surface area (Å²) in [5, 5.41) is 9.66. The van der Waals surface area contributed by atoms with Crippen molar-refractivity contribution in [3.63, 3.8) is 0 Å². The molecule has 0 radical (unpaired) electrons. The SMILES string of the molecule is CCCCc1ccc(S(=O)(=O)Nc2nc(-c3ncccn3)n(CCO)c(=O)c2Oc2ccccc2OC)cc1. The first-order valence-electron chi connectivity index (χ1n) is 12.3. The van der Waals surface area contributed by atoms with E-state index in [4.69, 9.17) is 9.47 Å². The van der Waals surface area contributed by atoms with Gasteiger partial charge in [0, 0.05) is 12.4 Å². The number of rotatable bonds is 12. The van der Waals surface area contributed by atoms with E-state index in [1.807, 2.05) is 0 Å². The van der Waals surface area contributed by atoms with Crippen LogP contribution in [0.3, 0.4) is 0 Å². The van der Waals surface area contributed by atoms with Crippen molar-refractivity contribution in [3.8, 4) is 28.9 Å². The van der Waals surface area contributed by atoms with Crippen LogP contribution < -0.4 is 19.8 Å². The van der Waals surface area contributed by atoms with Gasteiger partial charge in [0.15, 0.2) is 29.0 Å². The lowest BCUT2D eigenvalue weighted by Crippen LogP contribution is -2.28. The van der Waals surface area contributed by atoms with Crippen molar-refractivity contribution in [2.45, 2.75) is 37.6 Å². The van der Waals surface area contributed by atoms with E-state index in [2.05, 4.69) is 26.6 Å². The minimum absolute atomic E-state index is 0.00941. The molecule has 12 heteroatoms. The highest BCUT2D eigenvalue weighted by atomic mass is 32.2. The zero-order valence-corrected chi connectivity index (χ0v) is 22.4.